The van der Waals surface area contributed by atoms with Crippen molar-refractivity contribution in [3.63, 3.8) is 0 Å². The van der Waals surface area contributed by atoms with Crippen LogP contribution in [0.15, 0.2) is 18.2 Å². The SMILES string of the molecule is CCN(C(=O)[C@H](C)OC(=O)c1cc(Cl)ccc1OC)[C@H]1CCS(=O)(=O)C1. The van der Waals surface area contributed by atoms with E-state index in [1.807, 2.05) is 0 Å². The monoisotopic (exact) mass is 403 g/mol. The van der Waals surface area contributed by atoms with Gasteiger partial charge in [-0.15, -0.1) is 0 Å². The number of esters is 1. The number of amides is 1. The number of ether oxygens (including phenoxy) is 2. The molecule has 1 heterocycles. The van der Waals surface area contributed by atoms with E-state index in [1.165, 1.54) is 31.1 Å². The molecule has 1 aliphatic rings. The van der Waals surface area contributed by atoms with E-state index in [9.17, 15) is 18.0 Å². The van der Waals surface area contributed by atoms with Gasteiger partial charge in [-0.2, -0.15) is 0 Å². The number of rotatable bonds is 6. The summed E-state index contributed by atoms with van der Waals surface area (Å²) in [5, 5.41) is 0.336. The minimum Gasteiger partial charge on any atom is -0.496 e. The fraction of sp³-hybridized carbons (Fsp3) is 0.529. The fourth-order valence-electron chi connectivity index (χ4n) is 2.96. The van der Waals surface area contributed by atoms with Gasteiger partial charge in [-0.25, -0.2) is 13.2 Å². The zero-order chi connectivity index (χ0) is 19.5. The third-order valence-corrected chi connectivity index (χ3v) is 6.27. The second kappa shape index (κ2) is 8.26. The zero-order valence-corrected chi connectivity index (χ0v) is 16.5. The lowest BCUT2D eigenvalue weighted by Gasteiger charge is -2.29. The van der Waals surface area contributed by atoms with Crippen molar-refractivity contribution in [2.75, 3.05) is 25.2 Å². The Hall–Kier alpha value is -1.80. The molecule has 2 rings (SSSR count). The quantitative estimate of drug-likeness (QED) is 0.674. The molecule has 0 aromatic heterocycles. The molecule has 0 radical (unpaired) electrons. The molecule has 0 N–H and O–H groups in total. The molecule has 0 bridgehead atoms. The summed E-state index contributed by atoms with van der Waals surface area (Å²) in [7, 11) is -1.71. The normalized spacial score (nSPS) is 19.6. The number of hydrogen-bond acceptors (Lipinski definition) is 6. The lowest BCUT2D eigenvalue weighted by atomic mass is 10.2. The molecule has 1 aromatic carbocycles. The van der Waals surface area contributed by atoms with Crippen LogP contribution in [0.25, 0.3) is 0 Å². The van der Waals surface area contributed by atoms with Gasteiger partial charge in [-0.3, -0.25) is 4.79 Å². The number of likely N-dealkylation sites (N-methyl/N-ethyl adjacent to an activating group) is 1. The minimum atomic E-state index is -3.12. The molecule has 1 fully saturated rings. The van der Waals surface area contributed by atoms with Crippen LogP contribution in [-0.4, -0.2) is 62.5 Å². The van der Waals surface area contributed by atoms with Crippen molar-refractivity contribution in [3.05, 3.63) is 28.8 Å². The van der Waals surface area contributed by atoms with Gasteiger partial charge in [0.05, 0.1) is 18.6 Å². The minimum absolute atomic E-state index is 0.0602. The molecular formula is C17H22ClNO6S. The Balaban J connectivity index is 2.10. The number of carbonyl (C=O) groups excluding carboxylic acids is 2. The predicted molar refractivity (Wildman–Crippen MR) is 97.3 cm³/mol. The molecule has 1 saturated heterocycles. The van der Waals surface area contributed by atoms with Crippen molar-refractivity contribution in [1.29, 1.82) is 0 Å². The summed E-state index contributed by atoms with van der Waals surface area (Å²) in [6.07, 6.45) is -0.667. The molecule has 1 aromatic rings. The average Bonchev–Trinajstić information content (AvgIpc) is 2.94. The van der Waals surface area contributed by atoms with Crippen LogP contribution < -0.4 is 4.74 Å². The van der Waals surface area contributed by atoms with Gasteiger partial charge >= 0.3 is 5.97 Å². The van der Waals surface area contributed by atoms with Crippen molar-refractivity contribution in [1.82, 2.24) is 4.90 Å². The van der Waals surface area contributed by atoms with Gasteiger partial charge in [0, 0.05) is 17.6 Å². The first-order valence-corrected chi connectivity index (χ1v) is 10.4. The topological polar surface area (TPSA) is 90.0 Å². The van der Waals surface area contributed by atoms with Gasteiger partial charge in [-0.1, -0.05) is 11.6 Å². The summed E-state index contributed by atoms with van der Waals surface area (Å²) >= 11 is 5.91. The van der Waals surface area contributed by atoms with Crippen LogP contribution in [0, 0.1) is 0 Å². The van der Waals surface area contributed by atoms with Crippen LogP contribution in [0.4, 0.5) is 0 Å². The summed E-state index contributed by atoms with van der Waals surface area (Å²) < 4.78 is 33.7. The van der Waals surface area contributed by atoms with Gasteiger partial charge in [0.2, 0.25) is 0 Å². The van der Waals surface area contributed by atoms with Gasteiger partial charge < -0.3 is 14.4 Å². The van der Waals surface area contributed by atoms with E-state index in [-0.39, 0.29) is 28.9 Å². The molecule has 9 heteroatoms. The smallest absolute Gasteiger partial charge is 0.342 e. The van der Waals surface area contributed by atoms with E-state index in [0.29, 0.717) is 18.0 Å². The van der Waals surface area contributed by atoms with Crippen LogP contribution in [0.5, 0.6) is 5.75 Å². The van der Waals surface area contributed by atoms with Gasteiger partial charge in [-0.05, 0) is 38.5 Å². The Morgan fingerprint density at radius 1 is 1.38 bits per heavy atom. The largest absolute Gasteiger partial charge is 0.496 e. The van der Waals surface area contributed by atoms with E-state index in [2.05, 4.69) is 0 Å². The Morgan fingerprint density at radius 3 is 2.62 bits per heavy atom. The van der Waals surface area contributed by atoms with Crippen molar-refractivity contribution < 1.29 is 27.5 Å². The lowest BCUT2D eigenvalue weighted by Crippen LogP contribution is -2.46. The van der Waals surface area contributed by atoms with Crippen molar-refractivity contribution in [3.8, 4) is 5.75 Å². The third kappa shape index (κ3) is 4.67. The molecular weight excluding hydrogens is 382 g/mol. The highest BCUT2D eigenvalue weighted by atomic mass is 35.5. The third-order valence-electron chi connectivity index (χ3n) is 4.29. The van der Waals surface area contributed by atoms with E-state index >= 15 is 0 Å². The molecule has 2 atom stereocenters. The average molecular weight is 404 g/mol. The van der Waals surface area contributed by atoms with E-state index in [1.54, 1.807) is 13.0 Å². The van der Waals surface area contributed by atoms with Crippen molar-refractivity contribution in [2.45, 2.75) is 32.4 Å². The molecule has 0 unspecified atom stereocenters. The first-order valence-electron chi connectivity index (χ1n) is 8.24. The second-order valence-corrected chi connectivity index (χ2v) is 8.74. The molecule has 0 spiro atoms. The molecule has 1 aliphatic heterocycles. The number of methoxy groups -OCH3 is 1. The highest BCUT2D eigenvalue weighted by Gasteiger charge is 2.36. The van der Waals surface area contributed by atoms with Crippen molar-refractivity contribution in [2.24, 2.45) is 0 Å². The fourth-order valence-corrected chi connectivity index (χ4v) is 4.87. The highest BCUT2D eigenvalue weighted by molar-refractivity contribution is 7.91. The predicted octanol–water partition coefficient (Wildman–Crippen LogP) is 1.93. The molecule has 1 amide bonds. The molecule has 7 nitrogen and oxygen atoms in total. The molecule has 26 heavy (non-hydrogen) atoms. The maximum absolute atomic E-state index is 12.7. The maximum atomic E-state index is 12.7. The summed E-state index contributed by atoms with van der Waals surface area (Å²) in [6.45, 7) is 3.56. The highest BCUT2D eigenvalue weighted by Crippen LogP contribution is 2.24. The second-order valence-electron chi connectivity index (χ2n) is 6.07. The number of benzene rings is 1. The standard InChI is InChI=1S/C17H22ClNO6S/c1-4-19(13-7-8-26(22,23)10-13)16(20)11(2)25-17(21)14-9-12(18)5-6-15(14)24-3/h5-6,9,11,13H,4,7-8,10H2,1-3H3/t11-,13-/m0/s1. The van der Waals surface area contributed by atoms with Gasteiger partial charge in [0.25, 0.3) is 5.91 Å². The Labute approximate surface area is 158 Å². The Kier molecular flexibility index (Phi) is 6.52. The number of hydrogen-bond donors (Lipinski definition) is 0. The van der Waals surface area contributed by atoms with Gasteiger partial charge in [0.1, 0.15) is 11.3 Å². The van der Waals surface area contributed by atoms with Crippen LogP contribution >= 0.6 is 11.6 Å². The van der Waals surface area contributed by atoms with Crippen LogP contribution in [0.1, 0.15) is 30.6 Å². The molecule has 0 saturated carbocycles. The maximum Gasteiger partial charge on any atom is 0.342 e. The summed E-state index contributed by atoms with van der Waals surface area (Å²) in [5.41, 5.74) is 0.117. The first-order chi connectivity index (χ1) is 12.2. The lowest BCUT2D eigenvalue weighted by molar-refractivity contribution is -0.141. The summed E-state index contributed by atoms with van der Waals surface area (Å²) in [5.74, 6) is -0.873. The van der Waals surface area contributed by atoms with E-state index in [0.717, 1.165) is 0 Å². The van der Waals surface area contributed by atoms with Crippen LogP contribution in [0.2, 0.25) is 5.02 Å². The number of nitrogens with zero attached hydrogens (tertiary/aromatic N) is 1. The number of sulfone groups is 1. The number of halogens is 1. The summed E-state index contributed by atoms with van der Waals surface area (Å²) in [4.78, 5) is 26.5. The van der Waals surface area contributed by atoms with Crippen LogP contribution in [-0.2, 0) is 19.4 Å². The molecule has 144 valence electrons. The van der Waals surface area contributed by atoms with Crippen LogP contribution in [0.3, 0.4) is 0 Å². The Bertz CT molecular complexity index is 794. The molecule has 0 aliphatic carbocycles. The van der Waals surface area contributed by atoms with Crippen molar-refractivity contribution >= 4 is 33.3 Å². The van der Waals surface area contributed by atoms with E-state index < -0.39 is 27.8 Å². The number of carbonyl (C=O) groups is 2. The first kappa shape index (κ1) is 20.5. The van der Waals surface area contributed by atoms with E-state index in [4.69, 9.17) is 21.1 Å². The summed E-state index contributed by atoms with van der Waals surface area (Å²) in [6, 6.07) is 4.12. The Morgan fingerprint density at radius 2 is 2.08 bits per heavy atom. The zero-order valence-electron chi connectivity index (χ0n) is 14.9. The van der Waals surface area contributed by atoms with Gasteiger partial charge in [0.15, 0.2) is 15.9 Å².